The van der Waals surface area contributed by atoms with Crippen LogP contribution in [-0.2, 0) is 10.3 Å². The van der Waals surface area contributed by atoms with E-state index in [4.69, 9.17) is 9.26 Å². The van der Waals surface area contributed by atoms with Gasteiger partial charge in [0.1, 0.15) is 11.3 Å². The summed E-state index contributed by atoms with van der Waals surface area (Å²) in [6.07, 6.45) is 3.67. The Kier molecular flexibility index (Phi) is 2.63. The summed E-state index contributed by atoms with van der Waals surface area (Å²) in [4.78, 5) is 8.72. The standard InChI is InChI=1S/C13H15N3O2/c1-9-5-3-7-14-10(9)11-15-12(18-16-11)13(2)6-4-8-17-13/h3,5,7H,4,6,8H2,1-2H3/t13-/m0/s1. The zero-order valence-corrected chi connectivity index (χ0v) is 10.5. The molecule has 2 aromatic heterocycles. The molecule has 0 bridgehead atoms. The number of nitrogens with zero attached hydrogens (tertiary/aromatic N) is 3. The van der Waals surface area contributed by atoms with Crippen molar-refractivity contribution in [1.82, 2.24) is 15.1 Å². The number of ether oxygens (including phenoxy) is 1. The highest BCUT2D eigenvalue weighted by Gasteiger charge is 2.37. The third-order valence-corrected chi connectivity index (χ3v) is 3.32. The number of aromatic nitrogens is 3. The lowest BCUT2D eigenvalue weighted by Crippen LogP contribution is -2.20. The molecule has 0 unspecified atom stereocenters. The Labute approximate surface area is 105 Å². The topological polar surface area (TPSA) is 61.0 Å². The molecule has 0 radical (unpaired) electrons. The number of rotatable bonds is 2. The summed E-state index contributed by atoms with van der Waals surface area (Å²) in [7, 11) is 0. The van der Waals surface area contributed by atoms with E-state index in [1.54, 1.807) is 6.20 Å². The zero-order valence-electron chi connectivity index (χ0n) is 10.5. The fourth-order valence-electron chi connectivity index (χ4n) is 2.20. The van der Waals surface area contributed by atoms with Crippen molar-refractivity contribution in [2.45, 2.75) is 32.3 Å². The molecule has 5 heteroatoms. The highest BCUT2D eigenvalue weighted by molar-refractivity contribution is 5.53. The molecule has 1 fully saturated rings. The smallest absolute Gasteiger partial charge is 0.258 e. The molecule has 1 saturated heterocycles. The molecular formula is C13H15N3O2. The molecule has 0 aromatic carbocycles. The van der Waals surface area contributed by atoms with Gasteiger partial charge >= 0.3 is 0 Å². The predicted octanol–water partition coefficient (Wildman–Crippen LogP) is 2.47. The second kappa shape index (κ2) is 4.17. The Morgan fingerprint density at radius 1 is 1.39 bits per heavy atom. The number of hydrogen-bond acceptors (Lipinski definition) is 5. The van der Waals surface area contributed by atoms with E-state index in [1.165, 1.54) is 0 Å². The quantitative estimate of drug-likeness (QED) is 0.813. The molecule has 1 aliphatic heterocycles. The Hall–Kier alpha value is -1.75. The molecule has 0 spiro atoms. The van der Waals surface area contributed by atoms with Crippen LogP contribution in [0.15, 0.2) is 22.9 Å². The summed E-state index contributed by atoms with van der Waals surface area (Å²) >= 11 is 0. The van der Waals surface area contributed by atoms with Gasteiger partial charge in [0.2, 0.25) is 5.82 Å². The minimum absolute atomic E-state index is 0.437. The van der Waals surface area contributed by atoms with Gasteiger partial charge in [-0.3, -0.25) is 4.98 Å². The maximum absolute atomic E-state index is 5.69. The lowest BCUT2D eigenvalue weighted by Gasteiger charge is -2.16. The van der Waals surface area contributed by atoms with Gasteiger partial charge in [0.25, 0.3) is 5.89 Å². The first-order valence-electron chi connectivity index (χ1n) is 6.09. The van der Waals surface area contributed by atoms with Crippen LogP contribution in [0.1, 0.15) is 31.2 Å². The number of aryl methyl sites for hydroxylation is 1. The molecule has 5 nitrogen and oxygen atoms in total. The molecule has 3 heterocycles. The summed E-state index contributed by atoms with van der Waals surface area (Å²) in [5.74, 6) is 1.07. The van der Waals surface area contributed by atoms with Gasteiger partial charge in [0, 0.05) is 12.8 Å². The van der Waals surface area contributed by atoms with Gasteiger partial charge < -0.3 is 9.26 Å². The first-order valence-corrected chi connectivity index (χ1v) is 6.09. The van der Waals surface area contributed by atoms with E-state index in [9.17, 15) is 0 Å². The minimum atomic E-state index is -0.437. The fraction of sp³-hybridized carbons (Fsp3) is 0.462. The highest BCUT2D eigenvalue weighted by atomic mass is 16.5. The van der Waals surface area contributed by atoms with Crippen LogP contribution in [-0.4, -0.2) is 21.7 Å². The van der Waals surface area contributed by atoms with Gasteiger partial charge in [-0.2, -0.15) is 4.98 Å². The maximum Gasteiger partial charge on any atom is 0.258 e. The molecule has 1 aliphatic rings. The Bertz CT molecular complexity index is 559. The van der Waals surface area contributed by atoms with Crippen LogP contribution in [0.4, 0.5) is 0 Å². The Morgan fingerprint density at radius 2 is 2.28 bits per heavy atom. The van der Waals surface area contributed by atoms with Crippen molar-refractivity contribution in [2.24, 2.45) is 0 Å². The fourth-order valence-corrected chi connectivity index (χ4v) is 2.20. The lowest BCUT2D eigenvalue weighted by atomic mass is 10.0. The van der Waals surface area contributed by atoms with Crippen LogP contribution in [0.5, 0.6) is 0 Å². The van der Waals surface area contributed by atoms with E-state index in [1.807, 2.05) is 26.0 Å². The van der Waals surface area contributed by atoms with Crippen molar-refractivity contribution in [2.75, 3.05) is 6.61 Å². The van der Waals surface area contributed by atoms with Gasteiger partial charge in [-0.1, -0.05) is 11.2 Å². The van der Waals surface area contributed by atoms with Crippen molar-refractivity contribution in [3.63, 3.8) is 0 Å². The van der Waals surface area contributed by atoms with Crippen LogP contribution < -0.4 is 0 Å². The van der Waals surface area contributed by atoms with Gasteiger partial charge in [-0.25, -0.2) is 0 Å². The molecule has 0 N–H and O–H groups in total. The van der Waals surface area contributed by atoms with Crippen molar-refractivity contribution in [3.8, 4) is 11.5 Å². The summed E-state index contributed by atoms with van der Waals surface area (Å²) in [5, 5.41) is 4.01. The van der Waals surface area contributed by atoms with Gasteiger partial charge in [0.05, 0.1) is 0 Å². The summed E-state index contributed by atoms with van der Waals surface area (Å²) < 4.78 is 11.0. The van der Waals surface area contributed by atoms with E-state index in [2.05, 4.69) is 15.1 Å². The van der Waals surface area contributed by atoms with Gasteiger partial charge in [-0.15, -0.1) is 0 Å². The monoisotopic (exact) mass is 245 g/mol. The Morgan fingerprint density at radius 3 is 3.00 bits per heavy atom. The lowest BCUT2D eigenvalue weighted by molar-refractivity contribution is -0.00937. The molecule has 0 aliphatic carbocycles. The molecule has 2 aromatic rings. The second-order valence-electron chi connectivity index (χ2n) is 4.77. The highest BCUT2D eigenvalue weighted by Crippen LogP contribution is 2.35. The Balaban J connectivity index is 1.97. The molecule has 18 heavy (non-hydrogen) atoms. The third-order valence-electron chi connectivity index (χ3n) is 3.32. The molecule has 3 rings (SSSR count). The molecule has 0 saturated carbocycles. The summed E-state index contributed by atoms with van der Waals surface area (Å²) in [6, 6.07) is 3.87. The number of hydrogen-bond donors (Lipinski definition) is 0. The van der Waals surface area contributed by atoms with E-state index in [-0.39, 0.29) is 0 Å². The minimum Gasteiger partial charge on any atom is -0.365 e. The van der Waals surface area contributed by atoms with Crippen molar-refractivity contribution in [1.29, 1.82) is 0 Å². The summed E-state index contributed by atoms with van der Waals surface area (Å²) in [5.41, 5.74) is 1.35. The first-order chi connectivity index (χ1) is 8.69. The largest absolute Gasteiger partial charge is 0.365 e. The SMILES string of the molecule is Cc1cccnc1-c1noc([C@]2(C)CCCO2)n1. The molecule has 94 valence electrons. The van der Waals surface area contributed by atoms with Crippen LogP contribution >= 0.6 is 0 Å². The van der Waals surface area contributed by atoms with Crippen LogP contribution in [0, 0.1) is 6.92 Å². The second-order valence-corrected chi connectivity index (χ2v) is 4.77. The average Bonchev–Trinajstić information content (AvgIpc) is 2.99. The first kappa shape index (κ1) is 11.3. The maximum atomic E-state index is 5.69. The average molecular weight is 245 g/mol. The van der Waals surface area contributed by atoms with Crippen molar-refractivity contribution >= 4 is 0 Å². The number of pyridine rings is 1. The van der Waals surface area contributed by atoms with Crippen LogP contribution in [0.2, 0.25) is 0 Å². The molecular weight excluding hydrogens is 230 g/mol. The van der Waals surface area contributed by atoms with Gasteiger partial charge in [0.15, 0.2) is 0 Å². The van der Waals surface area contributed by atoms with Gasteiger partial charge in [-0.05, 0) is 38.3 Å². The van der Waals surface area contributed by atoms with E-state index < -0.39 is 5.60 Å². The molecule has 0 amide bonds. The zero-order chi connectivity index (χ0) is 12.6. The van der Waals surface area contributed by atoms with Crippen molar-refractivity contribution < 1.29 is 9.26 Å². The van der Waals surface area contributed by atoms with E-state index >= 15 is 0 Å². The predicted molar refractivity (Wildman–Crippen MR) is 64.8 cm³/mol. The van der Waals surface area contributed by atoms with E-state index in [0.717, 1.165) is 30.7 Å². The van der Waals surface area contributed by atoms with E-state index in [0.29, 0.717) is 11.7 Å². The van der Waals surface area contributed by atoms with Crippen LogP contribution in [0.3, 0.4) is 0 Å². The normalized spacial score (nSPS) is 23.4. The third kappa shape index (κ3) is 1.80. The molecule has 1 atom stereocenters. The summed E-state index contributed by atoms with van der Waals surface area (Å²) in [6.45, 7) is 4.71. The van der Waals surface area contributed by atoms with Crippen LogP contribution in [0.25, 0.3) is 11.5 Å². The van der Waals surface area contributed by atoms with Crippen molar-refractivity contribution in [3.05, 3.63) is 29.8 Å².